The zero-order chi connectivity index (χ0) is 23.8. The minimum absolute atomic E-state index is 0.219. The van der Waals surface area contributed by atoms with Crippen LogP contribution in [0.15, 0.2) is 77.3 Å². The van der Waals surface area contributed by atoms with Gasteiger partial charge in [0.2, 0.25) is 29.0 Å². The van der Waals surface area contributed by atoms with Gasteiger partial charge in [-0.15, -0.1) is 0 Å². The van der Waals surface area contributed by atoms with Crippen LogP contribution in [0.5, 0.6) is 0 Å². The summed E-state index contributed by atoms with van der Waals surface area (Å²) in [5.74, 6) is -4.48. The molecule has 6 nitrogen and oxygen atoms in total. The van der Waals surface area contributed by atoms with Crippen LogP contribution in [0.25, 0.3) is 0 Å². The lowest BCUT2D eigenvalue weighted by molar-refractivity contribution is -0.127. The normalized spacial score (nSPS) is 24.8. The number of benzene rings is 3. The van der Waals surface area contributed by atoms with Crippen LogP contribution in [0.3, 0.4) is 0 Å². The zero-order valence-corrected chi connectivity index (χ0v) is 19.6. The number of carbonyl (C=O) groups excluding carboxylic acids is 4. The van der Waals surface area contributed by atoms with E-state index in [0.29, 0.717) is 15.7 Å². The van der Waals surface area contributed by atoms with Crippen LogP contribution in [0.4, 0.5) is 5.69 Å². The standard InChI is InChI=1S/C27H18BrNO5/c1-14-8-2-3-9-15(14)22-20-21(26(33)29(25(20)32)19-13-7-6-12-18(19)28)27(34-22)23(30)16-10-4-5-11-17(16)24(27)31/h2-13,20-22H,1H3/t20-,21+,22-/m1/s1. The lowest BCUT2D eigenvalue weighted by atomic mass is 9.77. The summed E-state index contributed by atoms with van der Waals surface area (Å²) in [5, 5.41) is 0. The van der Waals surface area contributed by atoms with Gasteiger partial charge in [0.15, 0.2) is 0 Å². The Bertz CT molecular complexity index is 1390. The van der Waals surface area contributed by atoms with Crippen LogP contribution < -0.4 is 4.90 Å². The van der Waals surface area contributed by atoms with Crippen molar-refractivity contribution in [1.29, 1.82) is 0 Å². The smallest absolute Gasteiger partial charge is 0.241 e. The molecule has 2 fully saturated rings. The molecule has 0 unspecified atom stereocenters. The molecule has 168 valence electrons. The summed E-state index contributed by atoms with van der Waals surface area (Å²) in [6, 6.07) is 20.7. The van der Waals surface area contributed by atoms with E-state index in [-0.39, 0.29) is 11.1 Å². The number of Topliss-reactive ketones (excluding diaryl/α,β-unsaturated/α-hetero) is 2. The minimum Gasteiger partial charge on any atom is -0.349 e. The molecule has 0 radical (unpaired) electrons. The van der Waals surface area contributed by atoms with E-state index in [1.807, 2.05) is 31.2 Å². The number of hydrogen-bond donors (Lipinski definition) is 0. The molecule has 3 atom stereocenters. The molecule has 2 amide bonds. The first-order chi connectivity index (χ1) is 16.4. The maximum atomic E-state index is 13.9. The number of para-hydroxylation sites is 1. The Morgan fingerprint density at radius 1 is 0.794 bits per heavy atom. The summed E-state index contributed by atoms with van der Waals surface area (Å²) in [6.45, 7) is 1.87. The van der Waals surface area contributed by atoms with Gasteiger partial charge in [0.25, 0.3) is 0 Å². The second kappa shape index (κ2) is 7.29. The number of hydrogen-bond acceptors (Lipinski definition) is 5. The van der Waals surface area contributed by atoms with Crippen molar-refractivity contribution in [2.75, 3.05) is 4.90 Å². The van der Waals surface area contributed by atoms with Crippen LogP contribution in [-0.4, -0.2) is 29.0 Å². The van der Waals surface area contributed by atoms with Gasteiger partial charge in [-0.1, -0.05) is 60.7 Å². The largest absolute Gasteiger partial charge is 0.349 e. The Balaban J connectivity index is 1.58. The summed E-state index contributed by atoms with van der Waals surface area (Å²) in [6.07, 6.45) is -0.919. The number of rotatable bonds is 2. The van der Waals surface area contributed by atoms with Crippen LogP contribution in [0.1, 0.15) is 37.9 Å². The molecule has 2 saturated heterocycles. The average Bonchev–Trinajstić information content (AvgIpc) is 3.40. The second-order valence-electron chi connectivity index (χ2n) is 8.80. The maximum Gasteiger partial charge on any atom is 0.241 e. The highest BCUT2D eigenvalue weighted by molar-refractivity contribution is 9.10. The first kappa shape index (κ1) is 21.1. The van der Waals surface area contributed by atoms with Crippen molar-refractivity contribution < 1.29 is 23.9 Å². The molecule has 3 aliphatic rings. The number of amides is 2. The molecule has 34 heavy (non-hydrogen) atoms. The summed E-state index contributed by atoms with van der Waals surface area (Å²) in [5.41, 5.74) is 0.275. The monoisotopic (exact) mass is 515 g/mol. The van der Waals surface area contributed by atoms with Crippen molar-refractivity contribution in [3.05, 3.63) is 99.5 Å². The van der Waals surface area contributed by atoms with E-state index in [1.54, 1.807) is 48.5 Å². The molecule has 3 aromatic carbocycles. The van der Waals surface area contributed by atoms with Crippen LogP contribution in [-0.2, 0) is 14.3 Å². The van der Waals surface area contributed by atoms with Crippen molar-refractivity contribution in [2.45, 2.75) is 18.6 Å². The SMILES string of the molecule is Cc1ccccc1[C@H]1OC2(C(=O)c3ccccc3C2=O)[C@@H]2C(=O)N(c3ccccc3Br)C(=O)[C@@H]12. The fourth-order valence-electron chi connectivity index (χ4n) is 5.58. The Kier molecular flexibility index (Phi) is 4.53. The van der Waals surface area contributed by atoms with Gasteiger partial charge >= 0.3 is 0 Å². The molecular weight excluding hydrogens is 498 g/mol. The predicted molar refractivity (Wildman–Crippen MR) is 126 cm³/mol. The molecule has 3 aromatic rings. The number of carbonyl (C=O) groups is 4. The number of halogens is 1. The molecule has 1 aliphatic carbocycles. The van der Waals surface area contributed by atoms with E-state index in [9.17, 15) is 19.2 Å². The minimum atomic E-state index is -2.07. The van der Waals surface area contributed by atoms with Gasteiger partial charge in [-0.25, -0.2) is 4.90 Å². The number of fused-ring (bicyclic) bond motifs is 3. The number of imide groups is 1. The van der Waals surface area contributed by atoms with Gasteiger partial charge in [0.1, 0.15) is 0 Å². The van der Waals surface area contributed by atoms with E-state index in [1.165, 1.54) is 0 Å². The van der Waals surface area contributed by atoms with Gasteiger partial charge in [-0.05, 0) is 46.1 Å². The first-order valence-corrected chi connectivity index (χ1v) is 11.7. The van der Waals surface area contributed by atoms with Crippen molar-refractivity contribution in [3.8, 4) is 0 Å². The Labute approximate surface area is 203 Å². The summed E-state index contributed by atoms with van der Waals surface area (Å²) >= 11 is 3.42. The highest BCUT2D eigenvalue weighted by Crippen LogP contribution is 2.58. The average molecular weight is 516 g/mol. The number of aryl methyl sites for hydroxylation is 1. The molecule has 1 spiro atoms. The second-order valence-corrected chi connectivity index (χ2v) is 9.66. The third-order valence-electron chi connectivity index (χ3n) is 7.11. The first-order valence-electron chi connectivity index (χ1n) is 10.9. The van der Waals surface area contributed by atoms with E-state index in [2.05, 4.69) is 15.9 Å². The lowest BCUT2D eigenvalue weighted by Gasteiger charge is -2.28. The highest BCUT2D eigenvalue weighted by Gasteiger charge is 2.74. The van der Waals surface area contributed by atoms with Crippen molar-refractivity contribution in [3.63, 3.8) is 0 Å². The Morgan fingerprint density at radius 3 is 2.03 bits per heavy atom. The quantitative estimate of drug-likeness (QED) is 0.372. The molecule has 0 saturated carbocycles. The molecule has 2 heterocycles. The summed E-state index contributed by atoms with van der Waals surface area (Å²) in [4.78, 5) is 56.4. The third-order valence-corrected chi connectivity index (χ3v) is 7.78. The predicted octanol–water partition coefficient (Wildman–Crippen LogP) is 4.45. The van der Waals surface area contributed by atoms with Crippen LogP contribution >= 0.6 is 15.9 Å². The Morgan fingerprint density at radius 2 is 1.38 bits per heavy atom. The maximum absolute atomic E-state index is 13.9. The number of nitrogens with zero attached hydrogens (tertiary/aromatic N) is 1. The van der Waals surface area contributed by atoms with Gasteiger partial charge in [0, 0.05) is 15.6 Å². The fourth-order valence-corrected chi connectivity index (χ4v) is 6.04. The third kappa shape index (κ3) is 2.54. The van der Waals surface area contributed by atoms with Crippen LogP contribution in [0.2, 0.25) is 0 Å². The number of ketones is 2. The van der Waals surface area contributed by atoms with Gasteiger partial charge in [-0.2, -0.15) is 0 Å². The number of ether oxygens (including phenoxy) is 1. The molecular formula is C27H18BrNO5. The zero-order valence-electron chi connectivity index (χ0n) is 18.0. The topological polar surface area (TPSA) is 80.8 Å². The molecule has 2 aliphatic heterocycles. The van der Waals surface area contributed by atoms with Gasteiger partial charge in [0.05, 0.1) is 23.6 Å². The Hall–Kier alpha value is -3.42. The molecule has 0 bridgehead atoms. The van der Waals surface area contributed by atoms with E-state index < -0.39 is 46.9 Å². The van der Waals surface area contributed by atoms with E-state index in [0.717, 1.165) is 10.5 Å². The fraction of sp³-hybridized carbons (Fsp3) is 0.185. The van der Waals surface area contributed by atoms with Gasteiger partial charge in [-0.3, -0.25) is 19.2 Å². The molecule has 0 aromatic heterocycles. The van der Waals surface area contributed by atoms with E-state index >= 15 is 0 Å². The lowest BCUT2D eigenvalue weighted by Crippen LogP contribution is -2.51. The summed E-state index contributed by atoms with van der Waals surface area (Å²) in [7, 11) is 0. The van der Waals surface area contributed by atoms with E-state index in [4.69, 9.17) is 4.74 Å². The van der Waals surface area contributed by atoms with Gasteiger partial charge < -0.3 is 4.74 Å². The van der Waals surface area contributed by atoms with Crippen molar-refractivity contribution in [1.82, 2.24) is 0 Å². The molecule has 7 heteroatoms. The van der Waals surface area contributed by atoms with Crippen LogP contribution in [0, 0.1) is 18.8 Å². The molecule has 0 N–H and O–H groups in total. The molecule has 6 rings (SSSR count). The number of anilines is 1. The van der Waals surface area contributed by atoms with Crippen molar-refractivity contribution >= 4 is 45.0 Å². The van der Waals surface area contributed by atoms with Crippen molar-refractivity contribution in [2.24, 2.45) is 11.8 Å². The summed E-state index contributed by atoms with van der Waals surface area (Å²) < 4.78 is 6.89. The highest BCUT2D eigenvalue weighted by atomic mass is 79.9.